The van der Waals surface area contributed by atoms with Gasteiger partial charge < -0.3 is 24.6 Å². The van der Waals surface area contributed by atoms with Crippen LogP contribution in [-0.4, -0.2) is 62.5 Å². The number of likely N-dealkylation sites (N-methyl/N-ethyl adjacent to an activating group) is 1. The van der Waals surface area contributed by atoms with E-state index in [-0.39, 0.29) is 35.8 Å². The fourth-order valence-electron chi connectivity index (χ4n) is 6.34. The molecule has 0 aliphatic carbocycles. The van der Waals surface area contributed by atoms with Crippen molar-refractivity contribution in [2.45, 2.75) is 33.0 Å². The number of nitrogens with one attached hydrogen (secondary N) is 1. The molecule has 2 atom stereocenters. The molecule has 55 heavy (non-hydrogen) atoms. The highest BCUT2D eigenvalue weighted by Crippen LogP contribution is 2.33. The lowest BCUT2D eigenvalue weighted by Crippen LogP contribution is -2.48. The quantitative estimate of drug-likeness (QED) is 0.127. The molecule has 2 heterocycles. The first-order valence-electron chi connectivity index (χ1n) is 17.2. The summed E-state index contributed by atoms with van der Waals surface area (Å²) >= 11 is 0. The first kappa shape index (κ1) is 37.8. The van der Waals surface area contributed by atoms with Gasteiger partial charge in [0.15, 0.2) is 11.6 Å². The molecule has 0 radical (unpaired) electrons. The molecule has 0 saturated heterocycles. The van der Waals surface area contributed by atoms with Crippen molar-refractivity contribution in [1.29, 1.82) is 0 Å². The Morgan fingerprint density at radius 3 is 2.33 bits per heavy atom. The molecule has 6 rings (SSSR count). The number of aromatic nitrogens is 3. The number of anilines is 1. The lowest BCUT2D eigenvalue weighted by molar-refractivity contribution is -0.144. The second-order valence-electron chi connectivity index (χ2n) is 12.8. The van der Waals surface area contributed by atoms with Gasteiger partial charge in [0.25, 0.3) is 11.5 Å². The van der Waals surface area contributed by atoms with Crippen molar-refractivity contribution in [2.75, 3.05) is 19.5 Å². The highest BCUT2D eigenvalue weighted by molar-refractivity contribution is 6.05. The van der Waals surface area contributed by atoms with E-state index >= 15 is 4.39 Å². The van der Waals surface area contributed by atoms with Gasteiger partial charge in [-0.15, -0.1) is 0 Å². The number of ether oxygens (including phenoxy) is 3. The zero-order chi connectivity index (χ0) is 39.2. The SMILES string of the molecule is COc1ccc2c(Oc3ccc(NC(=O)c4c(C)n(CC(C)[C@H](C(=O)O)N(C)C(=O)OCc5ccccc5)n(-c5ccccc5)c4=O)cc3F)ccnc2c1. The summed E-state index contributed by atoms with van der Waals surface area (Å²) in [7, 11) is 2.88. The molecule has 2 aromatic heterocycles. The van der Waals surface area contributed by atoms with Gasteiger partial charge in [-0.3, -0.25) is 24.2 Å². The Kier molecular flexibility index (Phi) is 11.2. The molecule has 14 heteroatoms. The highest BCUT2D eigenvalue weighted by Gasteiger charge is 2.35. The second kappa shape index (κ2) is 16.4. The number of para-hydroxylation sites is 1. The van der Waals surface area contributed by atoms with E-state index < -0.39 is 41.3 Å². The van der Waals surface area contributed by atoms with Crippen LogP contribution in [0.4, 0.5) is 14.9 Å². The molecule has 0 aliphatic rings. The summed E-state index contributed by atoms with van der Waals surface area (Å²) in [6.45, 7) is 3.04. The zero-order valence-electron chi connectivity index (χ0n) is 30.4. The maximum Gasteiger partial charge on any atom is 0.410 e. The Morgan fingerprint density at radius 2 is 1.65 bits per heavy atom. The number of methoxy groups -OCH3 is 1. The van der Waals surface area contributed by atoms with Crippen molar-refractivity contribution in [3.05, 3.63) is 142 Å². The molecule has 2 amide bonds. The first-order chi connectivity index (χ1) is 26.5. The van der Waals surface area contributed by atoms with Crippen LogP contribution >= 0.6 is 0 Å². The number of carboxylic acid groups (broad SMARTS) is 1. The van der Waals surface area contributed by atoms with Crippen molar-refractivity contribution in [1.82, 2.24) is 19.2 Å². The van der Waals surface area contributed by atoms with Gasteiger partial charge in [-0.25, -0.2) is 18.7 Å². The number of carbonyl (C=O) groups is 3. The molecule has 6 aromatic rings. The summed E-state index contributed by atoms with van der Waals surface area (Å²) in [5, 5.41) is 13.5. The molecule has 2 N–H and O–H groups in total. The van der Waals surface area contributed by atoms with Crippen molar-refractivity contribution in [3.63, 3.8) is 0 Å². The number of rotatable bonds is 13. The molecule has 0 spiro atoms. The molecule has 4 aromatic carbocycles. The van der Waals surface area contributed by atoms with Crippen LogP contribution in [0.5, 0.6) is 17.2 Å². The van der Waals surface area contributed by atoms with Gasteiger partial charge in [-0.1, -0.05) is 55.5 Å². The average molecular weight is 748 g/mol. The topological polar surface area (TPSA) is 154 Å². The maximum atomic E-state index is 15.4. The number of carbonyl (C=O) groups excluding carboxylic acids is 2. The van der Waals surface area contributed by atoms with Gasteiger partial charge in [0, 0.05) is 48.9 Å². The minimum atomic E-state index is -1.36. The first-order valence-corrected chi connectivity index (χ1v) is 17.2. The van der Waals surface area contributed by atoms with E-state index in [1.807, 2.05) is 6.07 Å². The molecule has 0 aliphatic heterocycles. The highest BCUT2D eigenvalue weighted by atomic mass is 19.1. The van der Waals surface area contributed by atoms with E-state index in [1.165, 1.54) is 34.7 Å². The molecular formula is C41H38FN5O8. The number of pyridine rings is 1. The average Bonchev–Trinajstić information content (AvgIpc) is 3.42. The van der Waals surface area contributed by atoms with Crippen LogP contribution in [-0.2, 0) is 22.7 Å². The van der Waals surface area contributed by atoms with Gasteiger partial charge in [0.1, 0.15) is 29.7 Å². The molecule has 0 bridgehead atoms. The van der Waals surface area contributed by atoms with Crippen LogP contribution < -0.4 is 20.3 Å². The monoisotopic (exact) mass is 747 g/mol. The van der Waals surface area contributed by atoms with Crippen molar-refractivity contribution < 1.29 is 38.1 Å². The van der Waals surface area contributed by atoms with Crippen LogP contribution in [0.25, 0.3) is 16.6 Å². The number of aliphatic carboxylic acids is 1. The Labute approximate surface area is 315 Å². The number of fused-ring (bicyclic) bond motifs is 1. The summed E-state index contributed by atoms with van der Waals surface area (Å²) in [6, 6.07) is 26.8. The normalized spacial score (nSPS) is 12.1. The lowest BCUT2D eigenvalue weighted by atomic mass is 10.0. The largest absolute Gasteiger partial charge is 0.497 e. The summed E-state index contributed by atoms with van der Waals surface area (Å²) in [5.41, 5.74) is 1.10. The van der Waals surface area contributed by atoms with Gasteiger partial charge in [0.2, 0.25) is 0 Å². The van der Waals surface area contributed by atoms with Crippen molar-refractivity contribution >= 4 is 34.6 Å². The van der Waals surface area contributed by atoms with Crippen LogP contribution in [0.3, 0.4) is 0 Å². The number of hydrogen-bond donors (Lipinski definition) is 2. The smallest absolute Gasteiger partial charge is 0.410 e. The summed E-state index contributed by atoms with van der Waals surface area (Å²) < 4.78 is 34.7. The second-order valence-corrected chi connectivity index (χ2v) is 12.8. The van der Waals surface area contributed by atoms with Crippen molar-refractivity contribution in [2.24, 2.45) is 5.92 Å². The van der Waals surface area contributed by atoms with E-state index in [2.05, 4.69) is 10.3 Å². The number of carboxylic acids is 1. The van der Waals surface area contributed by atoms with Gasteiger partial charge in [-0.05, 0) is 55.0 Å². The van der Waals surface area contributed by atoms with E-state index in [4.69, 9.17) is 14.2 Å². The van der Waals surface area contributed by atoms with Crippen LogP contribution in [0.1, 0.15) is 28.5 Å². The Morgan fingerprint density at radius 1 is 0.945 bits per heavy atom. The molecule has 0 saturated carbocycles. The van der Waals surface area contributed by atoms with Gasteiger partial charge in [-0.2, -0.15) is 0 Å². The fraction of sp³-hybridized carbons (Fsp3) is 0.195. The summed E-state index contributed by atoms with van der Waals surface area (Å²) in [6.07, 6.45) is 0.689. The Hall–Kier alpha value is -6.96. The van der Waals surface area contributed by atoms with E-state index in [1.54, 1.807) is 99.8 Å². The van der Waals surface area contributed by atoms with E-state index in [9.17, 15) is 24.3 Å². The fourth-order valence-corrected chi connectivity index (χ4v) is 6.34. The minimum Gasteiger partial charge on any atom is -0.497 e. The molecular weight excluding hydrogens is 709 g/mol. The standard InChI is InChI=1S/C41H38FN5O8/c1-25(37(40(50)51)45(3)41(52)54-24-27-11-7-5-8-12-27)23-46-26(2)36(39(49)47(46)29-13-9-6-10-14-29)38(48)44-28-15-18-35(32(42)21-28)55-34-19-20-43-33-22-30(53-4)16-17-31(33)34/h5-22,25,37H,23-24H2,1-4H3,(H,44,48)(H,50,51)/t25?,37-/m1/s1. The number of benzene rings is 4. The summed E-state index contributed by atoms with van der Waals surface area (Å²) in [5.74, 6) is -2.79. The third-order valence-corrected chi connectivity index (χ3v) is 9.11. The van der Waals surface area contributed by atoms with Gasteiger partial charge >= 0.3 is 12.1 Å². The Balaban J connectivity index is 1.24. The lowest BCUT2D eigenvalue weighted by Gasteiger charge is -2.30. The summed E-state index contributed by atoms with van der Waals surface area (Å²) in [4.78, 5) is 58.7. The maximum absolute atomic E-state index is 15.4. The van der Waals surface area contributed by atoms with Crippen LogP contribution in [0, 0.1) is 18.7 Å². The minimum absolute atomic E-state index is 0.0505. The Bertz CT molecular complexity index is 2420. The molecule has 0 fully saturated rings. The van der Waals surface area contributed by atoms with Crippen LogP contribution in [0.15, 0.2) is 114 Å². The molecule has 282 valence electrons. The number of nitrogens with zero attached hydrogens (tertiary/aromatic N) is 4. The molecule has 1 unspecified atom stereocenters. The predicted octanol–water partition coefficient (Wildman–Crippen LogP) is 7.05. The van der Waals surface area contributed by atoms with Crippen LogP contribution in [0.2, 0.25) is 0 Å². The third-order valence-electron chi connectivity index (χ3n) is 9.11. The number of halogens is 1. The van der Waals surface area contributed by atoms with Crippen molar-refractivity contribution in [3.8, 4) is 22.9 Å². The number of hydrogen-bond acceptors (Lipinski definition) is 8. The zero-order valence-corrected chi connectivity index (χ0v) is 30.4. The third kappa shape index (κ3) is 8.18. The van der Waals surface area contributed by atoms with E-state index in [0.29, 0.717) is 28.1 Å². The molecule has 13 nitrogen and oxygen atoms in total. The predicted molar refractivity (Wildman–Crippen MR) is 202 cm³/mol. The van der Waals surface area contributed by atoms with E-state index in [0.717, 1.165) is 16.5 Å². The van der Waals surface area contributed by atoms with Gasteiger partial charge in [0.05, 0.1) is 24.0 Å². The number of amides is 2.